The molecule has 80 valence electrons. The molecule has 0 heterocycles. The Bertz CT molecular complexity index is 344. The largest absolute Gasteiger partial charge is 0.497 e. The van der Waals surface area contributed by atoms with Gasteiger partial charge < -0.3 is 10.1 Å². The minimum absolute atomic E-state index is 0.244. The van der Waals surface area contributed by atoms with Crippen molar-refractivity contribution in [3.63, 3.8) is 0 Å². The van der Waals surface area contributed by atoms with Gasteiger partial charge in [0.1, 0.15) is 5.75 Å². The van der Waals surface area contributed by atoms with Crippen LogP contribution < -0.4 is 10.1 Å². The van der Waals surface area contributed by atoms with Crippen LogP contribution in [0.1, 0.15) is 24.9 Å². The van der Waals surface area contributed by atoms with E-state index in [1.54, 1.807) is 7.11 Å². The number of hydrogen-bond donors (Lipinski definition) is 1. The van der Waals surface area contributed by atoms with E-state index in [2.05, 4.69) is 18.3 Å². The van der Waals surface area contributed by atoms with Crippen LogP contribution >= 0.6 is 0 Å². The van der Waals surface area contributed by atoms with Crippen molar-refractivity contribution in [2.75, 3.05) is 13.7 Å². The van der Waals surface area contributed by atoms with Gasteiger partial charge in [-0.2, -0.15) is 5.26 Å². The zero-order valence-corrected chi connectivity index (χ0v) is 9.16. The Hall–Kier alpha value is -1.53. The molecule has 0 unspecified atom stereocenters. The van der Waals surface area contributed by atoms with Crippen molar-refractivity contribution in [3.8, 4) is 11.8 Å². The summed E-state index contributed by atoms with van der Waals surface area (Å²) < 4.78 is 5.15. The predicted molar refractivity (Wildman–Crippen MR) is 59.6 cm³/mol. The zero-order valence-electron chi connectivity index (χ0n) is 9.16. The molecule has 0 aliphatic carbocycles. The Kier molecular flexibility index (Phi) is 4.65. The SMILES string of the molecule is COc1cccc([C@H](C)NCCC#N)c1. The average molecular weight is 204 g/mol. The smallest absolute Gasteiger partial charge is 0.119 e. The van der Waals surface area contributed by atoms with Gasteiger partial charge in [0.15, 0.2) is 0 Å². The van der Waals surface area contributed by atoms with Crippen LogP contribution in [0, 0.1) is 11.3 Å². The summed E-state index contributed by atoms with van der Waals surface area (Å²) in [5.74, 6) is 0.862. The molecule has 1 rings (SSSR count). The highest BCUT2D eigenvalue weighted by atomic mass is 16.5. The van der Waals surface area contributed by atoms with E-state index < -0.39 is 0 Å². The maximum absolute atomic E-state index is 8.42. The van der Waals surface area contributed by atoms with Crippen molar-refractivity contribution in [1.29, 1.82) is 5.26 Å². The van der Waals surface area contributed by atoms with E-state index in [0.717, 1.165) is 12.3 Å². The molecule has 0 bridgehead atoms. The third kappa shape index (κ3) is 3.61. The Balaban J connectivity index is 2.57. The minimum Gasteiger partial charge on any atom is -0.497 e. The highest BCUT2D eigenvalue weighted by Gasteiger charge is 2.04. The number of nitrogens with one attached hydrogen (secondary N) is 1. The van der Waals surface area contributed by atoms with Gasteiger partial charge in [-0.1, -0.05) is 12.1 Å². The molecule has 0 aliphatic rings. The Morgan fingerprint density at radius 1 is 1.53 bits per heavy atom. The van der Waals surface area contributed by atoms with Crippen LogP contribution in [0.15, 0.2) is 24.3 Å². The first-order valence-electron chi connectivity index (χ1n) is 5.02. The second-order valence-electron chi connectivity index (χ2n) is 3.36. The molecule has 3 nitrogen and oxygen atoms in total. The molecular weight excluding hydrogens is 188 g/mol. The normalized spacial score (nSPS) is 11.8. The summed E-state index contributed by atoms with van der Waals surface area (Å²) in [4.78, 5) is 0. The molecule has 0 radical (unpaired) electrons. The molecule has 3 heteroatoms. The first-order valence-corrected chi connectivity index (χ1v) is 5.02. The Morgan fingerprint density at radius 3 is 3.00 bits per heavy atom. The van der Waals surface area contributed by atoms with E-state index >= 15 is 0 Å². The molecule has 0 spiro atoms. The standard InChI is InChI=1S/C12H16N2O/c1-10(14-8-4-7-13)11-5-3-6-12(9-11)15-2/h3,5-6,9-10,14H,4,8H2,1-2H3/t10-/m0/s1. The molecule has 1 aromatic carbocycles. The topological polar surface area (TPSA) is 45.0 Å². The molecule has 0 amide bonds. The van der Waals surface area contributed by atoms with E-state index in [4.69, 9.17) is 10.00 Å². The fourth-order valence-corrected chi connectivity index (χ4v) is 1.37. The van der Waals surface area contributed by atoms with E-state index in [9.17, 15) is 0 Å². The fraction of sp³-hybridized carbons (Fsp3) is 0.417. The highest BCUT2D eigenvalue weighted by Crippen LogP contribution is 2.18. The Labute approximate surface area is 90.7 Å². The molecule has 1 N–H and O–H groups in total. The second-order valence-corrected chi connectivity index (χ2v) is 3.36. The summed E-state index contributed by atoms with van der Waals surface area (Å²) in [6, 6.07) is 10.3. The van der Waals surface area contributed by atoms with Gasteiger partial charge in [-0.05, 0) is 24.6 Å². The lowest BCUT2D eigenvalue weighted by molar-refractivity contribution is 0.413. The maximum atomic E-state index is 8.42. The highest BCUT2D eigenvalue weighted by molar-refractivity contribution is 5.30. The number of methoxy groups -OCH3 is 1. The molecule has 1 atom stereocenters. The lowest BCUT2D eigenvalue weighted by atomic mass is 10.1. The van der Waals surface area contributed by atoms with Crippen molar-refractivity contribution in [1.82, 2.24) is 5.32 Å². The van der Waals surface area contributed by atoms with Gasteiger partial charge in [-0.3, -0.25) is 0 Å². The summed E-state index contributed by atoms with van der Waals surface area (Å²) in [6.07, 6.45) is 0.536. The van der Waals surface area contributed by atoms with Gasteiger partial charge >= 0.3 is 0 Å². The quantitative estimate of drug-likeness (QED) is 0.748. The Morgan fingerprint density at radius 2 is 2.33 bits per heavy atom. The monoisotopic (exact) mass is 204 g/mol. The first kappa shape index (κ1) is 11.5. The molecule has 0 fully saturated rings. The van der Waals surface area contributed by atoms with E-state index in [1.807, 2.05) is 24.3 Å². The van der Waals surface area contributed by atoms with Gasteiger partial charge in [-0.25, -0.2) is 0 Å². The summed E-state index contributed by atoms with van der Waals surface area (Å²) in [7, 11) is 1.66. The third-order valence-electron chi connectivity index (χ3n) is 2.28. The summed E-state index contributed by atoms with van der Waals surface area (Å²) in [6.45, 7) is 2.79. The second kappa shape index (κ2) is 6.05. The van der Waals surface area contributed by atoms with Crippen LogP contribution in [-0.2, 0) is 0 Å². The van der Waals surface area contributed by atoms with Crippen LogP contribution in [0.25, 0.3) is 0 Å². The number of hydrogen-bond acceptors (Lipinski definition) is 3. The lowest BCUT2D eigenvalue weighted by Gasteiger charge is -2.13. The van der Waals surface area contributed by atoms with Crippen molar-refractivity contribution in [3.05, 3.63) is 29.8 Å². The van der Waals surface area contributed by atoms with Crippen LogP contribution in [-0.4, -0.2) is 13.7 Å². The van der Waals surface area contributed by atoms with Gasteiger partial charge in [0.2, 0.25) is 0 Å². The van der Waals surface area contributed by atoms with Crippen molar-refractivity contribution in [2.24, 2.45) is 0 Å². The van der Waals surface area contributed by atoms with E-state index in [1.165, 1.54) is 5.56 Å². The number of rotatable bonds is 5. The molecule has 0 saturated carbocycles. The summed E-state index contributed by atoms with van der Waals surface area (Å²) >= 11 is 0. The fourth-order valence-electron chi connectivity index (χ4n) is 1.37. The number of nitrogens with zero attached hydrogens (tertiary/aromatic N) is 1. The predicted octanol–water partition coefficient (Wildman–Crippen LogP) is 2.26. The van der Waals surface area contributed by atoms with Crippen LogP contribution in [0.3, 0.4) is 0 Å². The molecule has 0 aromatic heterocycles. The van der Waals surface area contributed by atoms with Crippen LogP contribution in [0.2, 0.25) is 0 Å². The van der Waals surface area contributed by atoms with E-state index in [0.29, 0.717) is 6.42 Å². The van der Waals surface area contributed by atoms with Crippen molar-refractivity contribution < 1.29 is 4.74 Å². The summed E-state index contributed by atoms with van der Waals surface area (Å²) in [5, 5.41) is 11.7. The number of benzene rings is 1. The summed E-state index contributed by atoms with van der Waals surface area (Å²) in [5.41, 5.74) is 1.17. The van der Waals surface area contributed by atoms with Gasteiger partial charge in [0.05, 0.1) is 13.2 Å². The van der Waals surface area contributed by atoms with Crippen molar-refractivity contribution in [2.45, 2.75) is 19.4 Å². The van der Waals surface area contributed by atoms with Gasteiger partial charge in [0, 0.05) is 19.0 Å². The number of nitriles is 1. The van der Waals surface area contributed by atoms with E-state index in [-0.39, 0.29) is 6.04 Å². The molecule has 15 heavy (non-hydrogen) atoms. The molecule has 0 saturated heterocycles. The number of ether oxygens (including phenoxy) is 1. The lowest BCUT2D eigenvalue weighted by Crippen LogP contribution is -2.19. The zero-order chi connectivity index (χ0) is 11.1. The average Bonchev–Trinajstić information content (AvgIpc) is 2.29. The first-order chi connectivity index (χ1) is 7.27. The molecule has 0 aliphatic heterocycles. The minimum atomic E-state index is 0.244. The van der Waals surface area contributed by atoms with Crippen LogP contribution in [0.4, 0.5) is 0 Å². The van der Waals surface area contributed by atoms with Crippen molar-refractivity contribution >= 4 is 0 Å². The van der Waals surface area contributed by atoms with Crippen LogP contribution in [0.5, 0.6) is 5.75 Å². The molecular formula is C12H16N2O. The molecule has 1 aromatic rings. The van der Waals surface area contributed by atoms with Gasteiger partial charge in [-0.15, -0.1) is 0 Å². The third-order valence-corrected chi connectivity index (χ3v) is 2.28. The van der Waals surface area contributed by atoms with Gasteiger partial charge in [0.25, 0.3) is 0 Å². The maximum Gasteiger partial charge on any atom is 0.119 e.